The van der Waals surface area contributed by atoms with Gasteiger partial charge in [0.15, 0.2) is 0 Å². The van der Waals surface area contributed by atoms with Gasteiger partial charge in [0.25, 0.3) is 0 Å². The van der Waals surface area contributed by atoms with Crippen LogP contribution in [0.5, 0.6) is 0 Å². The molecule has 0 amide bonds. The zero-order valence-electron chi connectivity index (χ0n) is 10.3. The third kappa shape index (κ3) is 4.71. The van der Waals surface area contributed by atoms with E-state index in [1.54, 1.807) is 6.26 Å². The van der Waals surface area contributed by atoms with E-state index in [9.17, 15) is 0 Å². The molecule has 0 saturated heterocycles. The van der Waals surface area contributed by atoms with Crippen LogP contribution in [0.4, 0.5) is 0 Å². The molecule has 0 saturated carbocycles. The molecule has 1 aromatic rings. The first-order valence-electron chi connectivity index (χ1n) is 6.20. The maximum absolute atomic E-state index is 5.35. The fraction of sp³-hybridized carbons (Fsp3) is 0.692. The molecule has 16 heavy (non-hydrogen) atoms. The molecule has 92 valence electrons. The van der Waals surface area contributed by atoms with Crippen LogP contribution in [0.3, 0.4) is 0 Å². The van der Waals surface area contributed by atoms with E-state index in [0.717, 1.165) is 29.2 Å². The van der Waals surface area contributed by atoms with Crippen LogP contribution in [-0.4, -0.2) is 6.54 Å². The van der Waals surface area contributed by atoms with Gasteiger partial charge in [-0.3, -0.25) is 0 Å². The van der Waals surface area contributed by atoms with E-state index in [4.69, 9.17) is 4.42 Å². The molecule has 0 spiro atoms. The normalized spacial score (nSPS) is 12.9. The Morgan fingerprint density at radius 3 is 2.81 bits per heavy atom. The molecular weight excluding hydrogens is 266 g/mol. The van der Waals surface area contributed by atoms with Gasteiger partial charge in [0.2, 0.25) is 0 Å². The molecule has 3 heteroatoms. The number of rotatable bonds is 8. The van der Waals surface area contributed by atoms with Crippen molar-refractivity contribution in [2.45, 2.75) is 46.1 Å². The van der Waals surface area contributed by atoms with Crippen molar-refractivity contribution in [3.05, 3.63) is 22.6 Å². The number of unbranched alkanes of at least 4 members (excludes halogenated alkanes) is 1. The molecule has 1 unspecified atom stereocenters. The van der Waals surface area contributed by atoms with Crippen molar-refractivity contribution < 1.29 is 4.42 Å². The van der Waals surface area contributed by atoms with Crippen molar-refractivity contribution >= 4 is 15.9 Å². The molecule has 0 radical (unpaired) electrons. The highest BCUT2D eigenvalue weighted by atomic mass is 79.9. The third-order valence-corrected chi connectivity index (χ3v) is 3.66. The van der Waals surface area contributed by atoms with Gasteiger partial charge in [-0.25, -0.2) is 0 Å². The average Bonchev–Trinajstić information content (AvgIpc) is 2.69. The smallest absolute Gasteiger partial charge is 0.131 e. The van der Waals surface area contributed by atoms with Gasteiger partial charge < -0.3 is 9.73 Å². The maximum Gasteiger partial charge on any atom is 0.131 e. The number of furan rings is 1. The second-order valence-electron chi connectivity index (χ2n) is 4.24. The van der Waals surface area contributed by atoms with Gasteiger partial charge in [-0.05, 0) is 40.9 Å². The van der Waals surface area contributed by atoms with E-state index in [1.807, 2.05) is 6.07 Å². The van der Waals surface area contributed by atoms with Gasteiger partial charge in [0.1, 0.15) is 5.76 Å². The van der Waals surface area contributed by atoms with E-state index in [0.29, 0.717) is 0 Å². The largest absolute Gasteiger partial charge is 0.467 e. The quantitative estimate of drug-likeness (QED) is 0.769. The zero-order chi connectivity index (χ0) is 11.8. The fourth-order valence-electron chi connectivity index (χ4n) is 1.78. The van der Waals surface area contributed by atoms with Gasteiger partial charge in [0, 0.05) is 0 Å². The summed E-state index contributed by atoms with van der Waals surface area (Å²) in [7, 11) is 0. The summed E-state index contributed by atoms with van der Waals surface area (Å²) < 4.78 is 6.41. The standard InChI is InChI=1S/C13H22BrNO/c1-3-5-6-11(4-2)9-15-10-13-12(14)7-8-16-13/h7-8,11,15H,3-6,9-10H2,1-2H3. The van der Waals surface area contributed by atoms with Crippen LogP contribution in [0.1, 0.15) is 45.3 Å². The number of halogens is 1. The molecule has 1 atom stereocenters. The summed E-state index contributed by atoms with van der Waals surface area (Å²) in [4.78, 5) is 0. The van der Waals surface area contributed by atoms with E-state index in [1.165, 1.54) is 25.7 Å². The summed E-state index contributed by atoms with van der Waals surface area (Å²) in [6.07, 6.45) is 6.94. The molecule has 0 bridgehead atoms. The lowest BCUT2D eigenvalue weighted by atomic mass is 9.99. The van der Waals surface area contributed by atoms with Gasteiger partial charge in [-0.1, -0.05) is 33.1 Å². The molecule has 2 nitrogen and oxygen atoms in total. The lowest BCUT2D eigenvalue weighted by Crippen LogP contribution is -2.22. The Morgan fingerprint density at radius 1 is 1.44 bits per heavy atom. The van der Waals surface area contributed by atoms with Gasteiger partial charge in [-0.15, -0.1) is 0 Å². The Labute approximate surface area is 107 Å². The minimum absolute atomic E-state index is 0.800. The highest BCUT2D eigenvalue weighted by Gasteiger charge is 2.07. The molecule has 0 aliphatic heterocycles. The van der Waals surface area contributed by atoms with Crippen LogP contribution in [0.2, 0.25) is 0 Å². The van der Waals surface area contributed by atoms with Gasteiger partial charge in [-0.2, -0.15) is 0 Å². The molecule has 1 heterocycles. The number of nitrogens with one attached hydrogen (secondary N) is 1. The first-order valence-corrected chi connectivity index (χ1v) is 6.99. The molecule has 0 aliphatic rings. The van der Waals surface area contributed by atoms with E-state index in [2.05, 4.69) is 35.1 Å². The summed E-state index contributed by atoms with van der Waals surface area (Å²) in [6, 6.07) is 1.94. The van der Waals surface area contributed by atoms with Crippen molar-refractivity contribution in [2.24, 2.45) is 5.92 Å². The molecule has 0 aromatic carbocycles. The Kier molecular flexibility index (Phi) is 6.81. The summed E-state index contributed by atoms with van der Waals surface area (Å²) in [5.74, 6) is 1.79. The predicted octanol–water partition coefficient (Wildman–Crippen LogP) is 4.35. The minimum atomic E-state index is 0.800. The van der Waals surface area contributed by atoms with Crippen LogP contribution in [0.15, 0.2) is 21.2 Å². The second-order valence-corrected chi connectivity index (χ2v) is 5.09. The van der Waals surface area contributed by atoms with Crippen LogP contribution >= 0.6 is 15.9 Å². The van der Waals surface area contributed by atoms with E-state index in [-0.39, 0.29) is 0 Å². The summed E-state index contributed by atoms with van der Waals surface area (Å²) in [5.41, 5.74) is 0. The SMILES string of the molecule is CCCCC(CC)CNCc1occc1Br. The Bertz CT molecular complexity index is 285. The van der Waals surface area contributed by atoms with Crippen LogP contribution in [0.25, 0.3) is 0 Å². The second kappa shape index (κ2) is 7.91. The summed E-state index contributed by atoms with van der Waals surface area (Å²) in [5, 5.41) is 3.46. The third-order valence-electron chi connectivity index (χ3n) is 2.95. The first kappa shape index (κ1) is 13.8. The molecule has 1 N–H and O–H groups in total. The molecule has 1 rings (SSSR count). The minimum Gasteiger partial charge on any atom is -0.467 e. The lowest BCUT2D eigenvalue weighted by molar-refractivity contribution is 0.401. The summed E-state index contributed by atoms with van der Waals surface area (Å²) >= 11 is 3.46. The number of hydrogen-bond donors (Lipinski definition) is 1. The van der Waals surface area contributed by atoms with Gasteiger partial charge in [0.05, 0.1) is 17.3 Å². The van der Waals surface area contributed by atoms with Crippen molar-refractivity contribution in [3.63, 3.8) is 0 Å². The molecule has 0 aliphatic carbocycles. The van der Waals surface area contributed by atoms with E-state index < -0.39 is 0 Å². The van der Waals surface area contributed by atoms with Crippen molar-refractivity contribution in [1.82, 2.24) is 5.32 Å². The number of hydrogen-bond acceptors (Lipinski definition) is 2. The Hall–Kier alpha value is -0.280. The Balaban J connectivity index is 2.20. The highest BCUT2D eigenvalue weighted by Crippen LogP contribution is 2.17. The van der Waals surface area contributed by atoms with Crippen molar-refractivity contribution in [1.29, 1.82) is 0 Å². The zero-order valence-corrected chi connectivity index (χ0v) is 11.8. The molecule has 1 aromatic heterocycles. The van der Waals surface area contributed by atoms with Crippen LogP contribution in [-0.2, 0) is 6.54 Å². The fourth-order valence-corrected chi connectivity index (χ4v) is 2.13. The van der Waals surface area contributed by atoms with Crippen LogP contribution < -0.4 is 5.32 Å². The van der Waals surface area contributed by atoms with Crippen molar-refractivity contribution in [3.8, 4) is 0 Å². The first-order chi connectivity index (χ1) is 7.77. The topological polar surface area (TPSA) is 25.2 Å². The molecular formula is C13H22BrNO. The maximum atomic E-state index is 5.35. The van der Waals surface area contributed by atoms with Crippen LogP contribution in [0, 0.1) is 5.92 Å². The van der Waals surface area contributed by atoms with Gasteiger partial charge >= 0.3 is 0 Å². The summed E-state index contributed by atoms with van der Waals surface area (Å²) in [6.45, 7) is 6.42. The van der Waals surface area contributed by atoms with Crippen molar-refractivity contribution in [2.75, 3.05) is 6.54 Å². The monoisotopic (exact) mass is 287 g/mol. The average molecular weight is 288 g/mol. The Morgan fingerprint density at radius 2 is 2.25 bits per heavy atom. The van der Waals surface area contributed by atoms with E-state index >= 15 is 0 Å². The molecule has 0 fully saturated rings. The highest BCUT2D eigenvalue weighted by molar-refractivity contribution is 9.10. The predicted molar refractivity (Wildman–Crippen MR) is 71.4 cm³/mol. The lowest BCUT2D eigenvalue weighted by Gasteiger charge is -2.14.